The van der Waals surface area contributed by atoms with Gasteiger partial charge in [-0.25, -0.2) is 4.39 Å². The number of rotatable bonds is 2. The molecule has 4 heteroatoms. The van der Waals surface area contributed by atoms with Crippen molar-refractivity contribution in [3.8, 4) is 0 Å². The van der Waals surface area contributed by atoms with Crippen LogP contribution in [0.4, 0.5) is 15.8 Å². The molecule has 0 bridgehead atoms. The standard InChI is InChI=1S/C13H11FN2O/c14-9-6-7-11(12(15)8-9)13(17)16-10-4-2-1-3-5-10/h1-8H,15H2,(H,16,17). The molecule has 0 fully saturated rings. The van der Waals surface area contributed by atoms with Crippen molar-refractivity contribution in [3.63, 3.8) is 0 Å². The zero-order chi connectivity index (χ0) is 12.3. The molecule has 0 spiro atoms. The summed E-state index contributed by atoms with van der Waals surface area (Å²) in [4.78, 5) is 11.8. The lowest BCUT2D eigenvalue weighted by molar-refractivity contribution is 0.102. The fourth-order valence-electron chi connectivity index (χ4n) is 1.46. The van der Waals surface area contributed by atoms with Crippen LogP contribution in [0.5, 0.6) is 0 Å². The average Bonchev–Trinajstić information content (AvgIpc) is 2.30. The van der Waals surface area contributed by atoms with Crippen molar-refractivity contribution in [2.75, 3.05) is 11.1 Å². The van der Waals surface area contributed by atoms with Crippen molar-refractivity contribution in [3.05, 3.63) is 59.9 Å². The summed E-state index contributed by atoms with van der Waals surface area (Å²) >= 11 is 0. The lowest BCUT2D eigenvalue weighted by Gasteiger charge is -2.07. The van der Waals surface area contributed by atoms with E-state index < -0.39 is 5.82 Å². The molecule has 2 rings (SSSR count). The fourth-order valence-corrected chi connectivity index (χ4v) is 1.46. The Morgan fingerprint density at radius 1 is 1.12 bits per heavy atom. The van der Waals surface area contributed by atoms with E-state index in [0.29, 0.717) is 5.69 Å². The summed E-state index contributed by atoms with van der Waals surface area (Å²) in [5.41, 5.74) is 6.63. The molecule has 0 aromatic heterocycles. The first-order chi connectivity index (χ1) is 8.16. The molecule has 3 N–H and O–H groups in total. The van der Waals surface area contributed by atoms with Crippen molar-refractivity contribution >= 4 is 17.3 Å². The zero-order valence-corrected chi connectivity index (χ0v) is 8.98. The van der Waals surface area contributed by atoms with Gasteiger partial charge in [0.1, 0.15) is 5.82 Å². The number of anilines is 2. The van der Waals surface area contributed by atoms with Crippen molar-refractivity contribution in [1.29, 1.82) is 0 Å². The van der Waals surface area contributed by atoms with Crippen molar-refractivity contribution in [2.45, 2.75) is 0 Å². The second-order valence-corrected chi connectivity index (χ2v) is 3.55. The quantitative estimate of drug-likeness (QED) is 0.779. The van der Waals surface area contributed by atoms with Crippen LogP contribution in [-0.4, -0.2) is 5.91 Å². The van der Waals surface area contributed by atoms with Gasteiger partial charge in [0.15, 0.2) is 0 Å². The Balaban J connectivity index is 2.21. The number of para-hydroxylation sites is 1. The van der Waals surface area contributed by atoms with E-state index in [1.165, 1.54) is 12.1 Å². The lowest BCUT2D eigenvalue weighted by Crippen LogP contribution is -2.14. The topological polar surface area (TPSA) is 55.1 Å². The van der Waals surface area contributed by atoms with Gasteiger partial charge in [0, 0.05) is 11.4 Å². The molecular formula is C13H11FN2O. The van der Waals surface area contributed by atoms with E-state index in [1.807, 2.05) is 18.2 Å². The monoisotopic (exact) mass is 230 g/mol. The van der Waals surface area contributed by atoms with Crippen molar-refractivity contribution < 1.29 is 9.18 Å². The summed E-state index contributed by atoms with van der Waals surface area (Å²) in [6.45, 7) is 0. The summed E-state index contributed by atoms with van der Waals surface area (Å²) in [7, 11) is 0. The number of nitrogens with one attached hydrogen (secondary N) is 1. The van der Waals surface area contributed by atoms with Gasteiger partial charge < -0.3 is 11.1 Å². The van der Waals surface area contributed by atoms with Crippen molar-refractivity contribution in [2.24, 2.45) is 0 Å². The molecule has 2 aromatic rings. The zero-order valence-electron chi connectivity index (χ0n) is 8.98. The van der Waals surface area contributed by atoms with Crippen molar-refractivity contribution in [1.82, 2.24) is 0 Å². The summed E-state index contributed by atoms with van der Waals surface area (Å²) < 4.78 is 12.8. The Labute approximate surface area is 98.1 Å². The molecule has 0 atom stereocenters. The van der Waals surface area contributed by atoms with E-state index in [2.05, 4.69) is 5.32 Å². The minimum atomic E-state index is -0.459. The summed E-state index contributed by atoms with van der Waals surface area (Å²) in [6, 6.07) is 12.7. The maximum absolute atomic E-state index is 12.8. The van der Waals surface area contributed by atoms with Gasteiger partial charge in [-0.2, -0.15) is 0 Å². The van der Waals surface area contributed by atoms with Gasteiger partial charge >= 0.3 is 0 Å². The number of hydrogen-bond acceptors (Lipinski definition) is 2. The van der Waals surface area contributed by atoms with Gasteiger partial charge in [0.2, 0.25) is 0 Å². The summed E-state index contributed by atoms with van der Waals surface area (Å²) in [6.07, 6.45) is 0. The Morgan fingerprint density at radius 3 is 2.47 bits per heavy atom. The van der Waals surface area contributed by atoms with E-state index in [0.717, 1.165) is 6.07 Å². The number of hydrogen-bond donors (Lipinski definition) is 2. The molecule has 2 aromatic carbocycles. The summed E-state index contributed by atoms with van der Waals surface area (Å²) in [5, 5.41) is 2.68. The van der Waals surface area contributed by atoms with Crippen LogP contribution in [0.25, 0.3) is 0 Å². The highest BCUT2D eigenvalue weighted by atomic mass is 19.1. The highest BCUT2D eigenvalue weighted by molar-refractivity contribution is 6.07. The van der Waals surface area contributed by atoms with E-state index in [9.17, 15) is 9.18 Å². The molecule has 3 nitrogen and oxygen atoms in total. The smallest absolute Gasteiger partial charge is 0.257 e. The molecule has 17 heavy (non-hydrogen) atoms. The van der Waals surface area contributed by atoms with Gasteiger partial charge in [-0.3, -0.25) is 4.79 Å². The van der Waals surface area contributed by atoms with E-state index in [4.69, 9.17) is 5.73 Å². The van der Waals surface area contributed by atoms with Gasteiger partial charge in [-0.15, -0.1) is 0 Å². The van der Waals surface area contributed by atoms with Crippen LogP contribution in [0, 0.1) is 5.82 Å². The Hall–Kier alpha value is -2.36. The molecule has 86 valence electrons. The molecule has 0 radical (unpaired) electrons. The molecule has 0 saturated carbocycles. The highest BCUT2D eigenvalue weighted by Crippen LogP contribution is 2.15. The third kappa shape index (κ3) is 2.60. The average molecular weight is 230 g/mol. The second-order valence-electron chi connectivity index (χ2n) is 3.55. The molecule has 0 saturated heterocycles. The number of nitrogens with two attached hydrogens (primary N) is 1. The highest BCUT2D eigenvalue weighted by Gasteiger charge is 2.10. The maximum atomic E-state index is 12.8. The normalized spacial score (nSPS) is 9.94. The van der Waals surface area contributed by atoms with Gasteiger partial charge in [-0.1, -0.05) is 18.2 Å². The lowest BCUT2D eigenvalue weighted by atomic mass is 10.1. The Bertz CT molecular complexity index is 540. The molecule has 0 aliphatic carbocycles. The van der Waals surface area contributed by atoms with Crippen LogP contribution < -0.4 is 11.1 Å². The predicted molar refractivity (Wildman–Crippen MR) is 65.2 cm³/mol. The van der Waals surface area contributed by atoms with Crippen LogP contribution in [0.15, 0.2) is 48.5 Å². The van der Waals surface area contributed by atoms with Crippen LogP contribution in [0.3, 0.4) is 0 Å². The number of nitrogen functional groups attached to an aromatic ring is 1. The number of amides is 1. The third-order valence-corrected chi connectivity index (χ3v) is 2.29. The fraction of sp³-hybridized carbons (Fsp3) is 0. The van der Waals surface area contributed by atoms with Gasteiger partial charge in [0.25, 0.3) is 5.91 Å². The SMILES string of the molecule is Nc1cc(F)ccc1C(=O)Nc1ccccc1. The first-order valence-electron chi connectivity index (χ1n) is 5.08. The first kappa shape index (κ1) is 11.1. The minimum Gasteiger partial charge on any atom is -0.398 e. The Kier molecular flexibility index (Phi) is 3.05. The molecule has 0 unspecified atom stereocenters. The summed E-state index contributed by atoms with van der Waals surface area (Å²) in [5.74, 6) is -0.813. The predicted octanol–water partition coefficient (Wildman–Crippen LogP) is 2.66. The first-order valence-corrected chi connectivity index (χ1v) is 5.08. The van der Waals surface area contributed by atoms with Crippen LogP contribution >= 0.6 is 0 Å². The largest absolute Gasteiger partial charge is 0.398 e. The van der Waals surface area contributed by atoms with E-state index in [1.54, 1.807) is 12.1 Å². The molecule has 1 amide bonds. The minimum absolute atomic E-state index is 0.124. The number of halogens is 1. The number of carbonyl (C=O) groups is 1. The van der Waals surface area contributed by atoms with E-state index >= 15 is 0 Å². The molecule has 0 heterocycles. The maximum Gasteiger partial charge on any atom is 0.257 e. The Morgan fingerprint density at radius 2 is 1.82 bits per heavy atom. The van der Waals surface area contributed by atoms with Crippen LogP contribution in [0.1, 0.15) is 10.4 Å². The van der Waals surface area contributed by atoms with Crippen LogP contribution in [-0.2, 0) is 0 Å². The molecule has 0 aliphatic heterocycles. The number of carbonyl (C=O) groups excluding carboxylic acids is 1. The van der Waals surface area contributed by atoms with Gasteiger partial charge in [-0.05, 0) is 30.3 Å². The molecule has 0 aliphatic rings. The van der Waals surface area contributed by atoms with Crippen LogP contribution in [0.2, 0.25) is 0 Å². The second kappa shape index (κ2) is 4.65. The number of benzene rings is 2. The molecular weight excluding hydrogens is 219 g/mol. The van der Waals surface area contributed by atoms with Gasteiger partial charge in [0.05, 0.1) is 5.56 Å². The third-order valence-electron chi connectivity index (χ3n) is 2.29. The van der Waals surface area contributed by atoms with E-state index in [-0.39, 0.29) is 17.2 Å².